The highest BCUT2D eigenvalue weighted by Crippen LogP contribution is 2.29. The average Bonchev–Trinajstić information content (AvgIpc) is 0.806. The second kappa shape index (κ2) is 45.3. The van der Waals surface area contributed by atoms with Gasteiger partial charge in [0.05, 0.1) is 71.8 Å². The van der Waals surface area contributed by atoms with E-state index in [1.807, 2.05) is 49.2 Å². The third kappa shape index (κ3) is 29.4. The second-order valence-corrected chi connectivity index (χ2v) is 24.2. The molecule has 103 heavy (non-hydrogen) atoms. The number of hydrogen-bond donors (Lipinski definition) is 6. The molecule has 4 aromatic carbocycles. The van der Waals surface area contributed by atoms with E-state index < -0.39 is 62.7 Å². The van der Waals surface area contributed by atoms with Crippen LogP contribution in [-0.2, 0) is 51.1 Å². The van der Waals surface area contributed by atoms with Gasteiger partial charge in [-0.2, -0.15) is 0 Å². The van der Waals surface area contributed by atoms with Crippen LogP contribution in [0.2, 0.25) is 20.9 Å². The van der Waals surface area contributed by atoms with Crippen molar-refractivity contribution in [3.05, 3.63) is 230 Å². The van der Waals surface area contributed by atoms with E-state index in [0.717, 1.165) is 63.7 Å². The molecule has 0 amide bonds. The van der Waals surface area contributed by atoms with Crippen LogP contribution in [0.4, 0.5) is 37.7 Å². The molecule has 3 aliphatic rings. The van der Waals surface area contributed by atoms with Crippen molar-refractivity contribution in [2.24, 2.45) is 15.0 Å². The summed E-state index contributed by atoms with van der Waals surface area (Å²) < 4.78 is 110. The van der Waals surface area contributed by atoms with Crippen molar-refractivity contribution < 1.29 is 59.9 Å². The highest BCUT2D eigenvalue weighted by Gasteiger charge is 2.26. The number of aryl methyl sites for hydroxylation is 2. The van der Waals surface area contributed by atoms with E-state index in [1.54, 1.807) is 64.2 Å². The first-order chi connectivity index (χ1) is 48.9. The molecule has 0 bridgehead atoms. The van der Waals surface area contributed by atoms with Gasteiger partial charge in [0, 0.05) is 117 Å². The molecule has 0 fully saturated rings. The van der Waals surface area contributed by atoms with Gasteiger partial charge in [0.2, 0.25) is 16.5 Å². The molecule has 3 aromatic heterocycles. The molecule has 3 aliphatic heterocycles. The Morgan fingerprint density at radius 2 is 1.06 bits per heavy atom. The van der Waals surface area contributed by atoms with Gasteiger partial charge >= 0.3 is 5.69 Å². The zero-order chi connectivity index (χ0) is 76.6. The average molecular weight is 1640 g/mol. The normalized spacial score (nSPS) is 14.9. The van der Waals surface area contributed by atoms with Crippen LogP contribution in [0.25, 0.3) is 0 Å². The third-order valence-corrected chi connectivity index (χ3v) is 16.1. The van der Waals surface area contributed by atoms with E-state index in [2.05, 4.69) is 50.5 Å². The number of aromatic amines is 2. The molecule has 0 aliphatic carbocycles. The molecule has 558 valence electrons. The Kier molecular flexibility index (Phi) is 38.8. The SMILES string of the molecule is COCC1=CN(Cc2cc(F)c(F)c(F)c2)C(Cl)=NC1Cl.COCC1=CN(Cc2cc(F)c(F)c(F)c2)C(Nc2cc(OC)ccc2C)=NC1Cl.COCC1=CNC(Cl)=NC1Cl.COCc1cnc(Cl)nc1Cl.COc1ccc(C)c(N)c1.ClCc1cnc(Cl)nc1Cl.O=c1[nH]cc(CO)c(=O)[nH]1. The number of hydrogen-bond acceptors (Lipinski definition) is 21. The quantitative estimate of drug-likeness (QED) is 0.00939. The van der Waals surface area contributed by atoms with Gasteiger partial charge in [0.1, 0.15) is 21.8 Å². The van der Waals surface area contributed by atoms with Crippen molar-refractivity contribution in [1.29, 1.82) is 0 Å². The molecule has 10 rings (SSSR count). The van der Waals surface area contributed by atoms with Gasteiger partial charge in [-0.1, -0.05) is 70.1 Å². The van der Waals surface area contributed by atoms with Crippen molar-refractivity contribution in [2.45, 2.75) is 62.5 Å². The van der Waals surface area contributed by atoms with Crippen molar-refractivity contribution in [3.63, 3.8) is 0 Å². The molecular formula is C64H66Cl10F6N14O9. The van der Waals surface area contributed by atoms with Crippen LogP contribution in [0.3, 0.4) is 0 Å². The van der Waals surface area contributed by atoms with E-state index in [-0.39, 0.29) is 65.5 Å². The molecule has 7 N–H and O–H groups in total. The number of amidine groups is 2. The predicted molar refractivity (Wildman–Crippen MR) is 391 cm³/mol. The Morgan fingerprint density at radius 3 is 1.52 bits per heavy atom. The number of guanidine groups is 1. The molecule has 6 heterocycles. The summed E-state index contributed by atoms with van der Waals surface area (Å²) in [7, 11) is 9.39. The fraction of sp³-hybridized carbons (Fsp3) is 0.297. The lowest BCUT2D eigenvalue weighted by Crippen LogP contribution is -2.37. The highest BCUT2D eigenvalue weighted by atomic mass is 35.5. The fourth-order valence-electron chi connectivity index (χ4n) is 7.90. The summed E-state index contributed by atoms with van der Waals surface area (Å²) in [6, 6.07) is 14.8. The molecule has 7 aromatic rings. The number of nitrogens with zero attached hydrogens (tertiary/aromatic N) is 9. The number of benzene rings is 4. The maximum Gasteiger partial charge on any atom is 0.325 e. The van der Waals surface area contributed by atoms with Crippen LogP contribution in [0.15, 0.2) is 139 Å². The zero-order valence-corrected chi connectivity index (χ0v) is 63.0. The molecular weight excluding hydrogens is 1580 g/mol. The number of aromatic nitrogens is 6. The Hall–Kier alpha value is -7.17. The number of nitrogens with one attached hydrogen (secondary N) is 4. The molecule has 0 spiro atoms. The number of nitrogens with two attached hydrogens (primary N) is 1. The number of anilines is 2. The number of halogens is 16. The summed E-state index contributed by atoms with van der Waals surface area (Å²) in [6.45, 7) is 4.89. The molecule has 3 atom stereocenters. The topological polar surface area (TPSA) is 287 Å². The lowest BCUT2D eigenvalue weighted by molar-refractivity contribution is 0.184. The van der Waals surface area contributed by atoms with Gasteiger partial charge < -0.3 is 64.7 Å². The van der Waals surface area contributed by atoms with Crippen LogP contribution in [0.5, 0.6) is 11.5 Å². The molecule has 3 unspecified atom stereocenters. The van der Waals surface area contributed by atoms with Crippen LogP contribution < -0.4 is 37.1 Å². The lowest BCUT2D eigenvalue weighted by Gasteiger charge is -2.30. The lowest BCUT2D eigenvalue weighted by atomic mass is 10.1. The molecule has 39 heteroatoms. The van der Waals surface area contributed by atoms with Crippen molar-refractivity contribution in [3.8, 4) is 11.5 Å². The number of aliphatic hydroxyl groups is 1. The van der Waals surface area contributed by atoms with E-state index in [4.69, 9.17) is 155 Å². The van der Waals surface area contributed by atoms with Gasteiger partial charge in [-0.05, 0) is 119 Å². The number of H-pyrrole nitrogens is 2. The van der Waals surface area contributed by atoms with Crippen molar-refractivity contribution in [1.82, 2.24) is 45.0 Å². The first-order valence-electron chi connectivity index (χ1n) is 29.2. The maximum atomic E-state index is 13.7. The standard InChI is InChI=1S/C21H21ClF3N3O2.C13H11Cl2F3N2O.C8H11NO.C6H8Cl2N2O.C6H6Cl2N2O.C5H3Cl3N2.C5H6N2O3/c1-12-4-5-15(30-3)8-18(12)26-21-27-20(22)14(11-29-2)10-28(21)9-13-6-16(23)19(25)17(24)7-13;1-21-6-8-5-20(13(15)19-12(8)14)4-7-2-9(16)11(18)10(17)3-7;1-6-3-4-7(10-2)5-8(6)9;2*1-11-3-4-2-9-6(8)10-5(4)7;6-1-3-2-9-5(8)10-4(3)7;8-2-3-1-6-5(10)7-4(3)9/h4-8,10,20H,9,11H2,1-3H3,(H,26,27);2-3,5,12H,4,6H2,1H3;3-5H,9H2,1-2H3;2,5H,3H2,1H3,(H,9,10);2H,3H2,1H3;2H,1H2;1,8H,2H2,(H2,6,7,9,10). The number of aliphatic imine (C=N–C) groups is 3. The Morgan fingerprint density at radius 1 is 0.592 bits per heavy atom. The van der Waals surface area contributed by atoms with Crippen LogP contribution >= 0.6 is 116 Å². The van der Waals surface area contributed by atoms with E-state index in [9.17, 15) is 35.9 Å². The number of nitrogen functional groups attached to an aromatic ring is 1. The Labute approximate surface area is 637 Å². The third-order valence-electron chi connectivity index (χ3n) is 13.1. The summed E-state index contributed by atoms with van der Waals surface area (Å²) in [5.74, 6) is -5.93. The molecule has 0 radical (unpaired) electrons. The van der Waals surface area contributed by atoms with E-state index in [1.165, 1.54) is 31.5 Å². The number of rotatable bonds is 17. The Balaban J connectivity index is 0.000000269. The number of ether oxygens (including phenoxy) is 6. The van der Waals surface area contributed by atoms with E-state index in [0.29, 0.717) is 63.1 Å². The van der Waals surface area contributed by atoms with Crippen LogP contribution in [0.1, 0.15) is 38.9 Å². The second-order valence-electron chi connectivity index (χ2n) is 20.6. The van der Waals surface area contributed by atoms with E-state index >= 15 is 0 Å². The first-order valence-corrected chi connectivity index (χ1v) is 33.3. The minimum atomic E-state index is -1.51. The summed E-state index contributed by atoms with van der Waals surface area (Å²) in [4.78, 5) is 55.4. The van der Waals surface area contributed by atoms with Gasteiger partial charge in [-0.25, -0.2) is 66.1 Å². The zero-order valence-electron chi connectivity index (χ0n) is 55.5. The van der Waals surface area contributed by atoms with Gasteiger partial charge in [0.25, 0.3) is 5.56 Å². The predicted octanol–water partition coefficient (Wildman–Crippen LogP) is 14.3. The summed E-state index contributed by atoms with van der Waals surface area (Å²) >= 11 is 57.3. The minimum absolute atomic E-state index is 0.0211. The molecule has 0 saturated heterocycles. The number of methoxy groups -OCH3 is 6. The number of aliphatic hydroxyl groups excluding tert-OH is 1. The largest absolute Gasteiger partial charge is 0.497 e. The maximum absolute atomic E-state index is 13.7. The summed E-state index contributed by atoms with van der Waals surface area (Å²) in [6.07, 6.45) is 9.23. The van der Waals surface area contributed by atoms with Gasteiger partial charge in [-0.15, -0.1) is 11.6 Å². The monoisotopic (exact) mass is 1640 g/mol. The minimum Gasteiger partial charge on any atom is -0.497 e. The van der Waals surface area contributed by atoms with Gasteiger partial charge in [0.15, 0.2) is 62.0 Å². The van der Waals surface area contributed by atoms with Crippen LogP contribution in [-0.4, -0.2) is 140 Å². The van der Waals surface area contributed by atoms with Crippen LogP contribution in [0, 0.1) is 48.8 Å². The first kappa shape index (κ1) is 88.2. The van der Waals surface area contributed by atoms with Gasteiger partial charge in [-0.3, -0.25) is 9.78 Å². The fourth-order valence-corrected chi connectivity index (χ4v) is 10.0. The van der Waals surface area contributed by atoms with Crippen molar-refractivity contribution >= 4 is 144 Å². The Bertz CT molecular complexity index is 4240. The summed E-state index contributed by atoms with van der Waals surface area (Å²) in [5.41, 5.74) is 10.5. The molecule has 23 nitrogen and oxygen atoms in total. The number of alkyl halides is 4. The van der Waals surface area contributed by atoms with Crippen molar-refractivity contribution in [2.75, 3.05) is 73.5 Å². The summed E-state index contributed by atoms with van der Waals surface area (Å²) in [5, 5.41) is 15.7. The molecule has 0 saturated carbocycles. The highest BCUT2D eigenvalue weighted by molar-refractivity contribution is 6.65. The smallest absolute Gasteiger partial charge is 0.325 e.